The number of hydrogen-bond donors (Lipinski definition) is 2. The minimum atomic E-state index is -1.04. The number of urea groups is 1. The van der Waals surface area contributed by atoms with Gasteiger partial charge in [0, 0.05) is 35.4 Å². The summed E-state index contributed by atoms with van der Waals surface area (Å²) < 4.78 is 10.8. The summed E-state index contributed by atoms with van der Waals surface area (Å²) in [5.41, 5.74) is 0. The summed E-state index contributed by atoms with van der Waals surface area (Å²) in [6.45, 7) is 3.64. The zero-order chi connectivity index (χ0) is 13.4. The maximum absolute atomic E-state index is 11.7. The summed E-state index contributed by atoms with van der Waals surface area (Å²) in [6, 6.07) is -0.564. The first-order valence-corrected chi connectivity index (χ1v) is 7.17. The highest BCUT2D eigenvalue weighted by Gasteiger charge is 2.20. The summed E-state index contributed by atoms with van der Waals surface area (Å²) >= 11 is 0. The van der Waals surface area contributed by atoms with Crippen LogP contribution < -0.4 is 5.32 Å². The Morgan fingerprint density at radius 2 is 2.06 bits per heavy atom. The third-order valence-corrected chi connectivity index (χ3v) is 3.13. The van der Waals surface area contributed by atoms with Gasteiger partial charge in [0.1, 0.15) is 6.54 Å². The van der Waals surface area contributed by atoms with E-state index in [1.807, 2.05) is 6.92 Å². The summed E-state index contributed by atoms with van der Waals surface area (Å²) in [5.74, 6) is -0.674. The van der Waals surface area contributed by atoms with Crippen molar-refractivity contribution in [3.63, 3.8) is 0 Å². The molecule has 0 saturated carbocycles. The molecule has 0 radical (unpaired) electrons. The topological polar surface area (TPSA) is 86.7 Å². The molecule has 2 atom stereocenters. The quantitative estimate of drug-likeness (QED) is 0.690. The summed E-state index contributed by atoms with van der Waals surface area (Å²) in [6.07, 6.45) is 2.23. The zero-order valence-corrected chi connectivity index (χ0v) is 11.2. The molecule has 100 valence electrons. The van der Waals surface area contributed by atoms with E-state index in [-0.39, 0.29) is 19.1 Å². The fourth-order valence-corrected chi connectivity index (χ4v) is 1.59. The minimum Gasteiger partial charge on any atom is -0.480 e. The van der Waals surface area contributed by atoms with Gasteiger partial charge in [0.05, 0.1) is 0 Å². The van der Waals surface area contributed by atoms with Crippen LogP contribution in [0.4, 0.5) is 4.79 Å². The summed E-state index contributed by atoms with van der Waals surface area (Å²) in [7, 11) is -0.968. The van der Waals surface area contributed by atoms with Crippen LogP contribution in [0.15, 0.2) is 0 Å². The van der Waals surface area contributed by atoms with Gasteiger partial charge in [-0.05, 0) is 13.3 Å². The highest BCUT2D eigenvalue weighted by atomic mass is 32.2. The predicted octanol–water partition coefficient (Wildman–Crippen LogP) is 0.260. The molecule has 0 aromatic rings. The lowest BCUT2D eigenvalue weighted by atomic mass is 10.2. The van der Waals surface area contributed by atoms with E-state index in [4.69, 9.17) is 5.11 Å². The molecule has 0 fully saturated rings. The van der Waals surface area contributed by atoms with Crippen LogP contribution in [-0.2, 0) is 15.6 Å². The van der Waals surface area contributed by atoms with Crippen molar-refractivity contribution in [3.8, 4) is 0 Å². The Labute approximate surface area is 104 Å². The molecule has 0 aliphatic heterocycles. The van der Waals surface area contributed by atoms with Gasteiger partial charge in [0.2, 0.25) is 0 Å². The molecule has 0 saturated heterocycles. The average molecular weight is 264 g/mol. The molecule has 2 amide bonds. The number of amides is 2. The van der Waals surface area contributed by atoms with Crippen LogP contribution in [0, 0.1) is 0 Å². The van der Waals surface area contributed by atoms with Crippen molar-refractivity contribution < 1.29 is 18.9 Å². The lowest BCUT2D eigenvalue weighted by Gasteiger charge is -2.26. The van der Waals surface area contributed by atoms with Gasteiger partial charge in [-0.1, -0.05) is 6.92 Å². The van der Waals surface area contributed by atoms with Crippen LogP contribution >= 0.6 is 0 Å². The number of carbonyl (C=O) groups excluding carboxylic acids is 1. The number of nitrogens with zero attached hydrogens (tertiary/aromatic N) is 1. The van der Waals surface area contributed by atoms with E-state index in [1.54, 1.807) is 13.2 Å². The molecule has 17 heavy (non-hydrogen) atoms. The SMILES string of the molecule is CCC(C)N(CC(=O)O)C(=O)NCCS(C)=O. The molecule has 0 aromatic heterocycles. The van der Waals surface area contributed by atoms with E-state index in [0.29, 0.717) is 12.2 Å². The summed E-state index contributed by atoms with van der Waals surface area (Å²) in [5, 5.41) is 11.3. The van der Waals surface area contributed by atoms with Crippen molar-refractivity contribution in [2.75, 3.05) is 25.1 Å². The molecule has 0 bridgehead atoms. The Bertz CT molecular complexity index is 296. The van der Waals surface area contributed by atoms with Gasteiger partial charge in [0.25, 0.3) is 0 Å². The van der Waals surface area contributed by atoms with E-state index in [9.17, 15) is 13.8 Å². The molecule has 0 rings (SSSR count). The molecule has 0 aliphatic rings. The number of aliphatic carboxylic acids is 1. The second-order valence-corrected chi connectivity index (χ2v) is 5.34. The minimum absolute atomic E-state index is 0.141. The second-order valence-electron chi connectivity index (χ2n) is 3.79. The van der Waals surface area contributed by atoms with Gasteiger partial charge in [-0.25, -0.2) is 4.79 Å². The summed E-state index contributed by atoms with van der Waals surface area (Å²) in [4.78, 5) is 23.6. The average Bonchev–Trinajstić information content (AvgIpc) is 2.23. The highest BCUT2D eigenvalue weighted by molar-refractivity contribution is 7.84. The third kappa shape index (κ3) is 6.93. The van der Waals surface area contributed by atoms with Gasteiger partial charge in [-0.15, -0.1) is 0 Å². The highest BCUT2D eigenvalue weighted by Crippen LogP contribution is 2.03. The molecule has 6 nitrogen and oxygen atoms in total. The van der Waals surface area contributed by atoms with E-state index in [1.165, 1.54) is 4.90 Å². The Morgan fingerprint density at radius 1 is 1.47 bits per heavy atom. The third-order valence-electron chi connectivity index (χ3n) is 2.36. The van der Waals surface area contributed by atoms with Gasteiger partial charge in [0.15, 0.2) is 0 Å². The van der Waals surface area contributed by atoms with Gasteiger partial charge < -0.3 is 15.3 Å². The van der Waals surface area contributed by atoms with Gasteiger partial charge in [-0.3, -0.25) is 9.00 Å². The van der Waals surface area contributed by atoms with Crippen molar-refractivity contribution in [3.05, 3.63) is 0 Å². The van der Waals surface area contributed by atoms with Crippen LogP contribution in [0.5, 0.6) is 0 Å². The van der Waals surface area contributed by atoms with E-state index < -0.39 is 22.8 Å². The fourth-order valence-electron chi connectivity index (χ4n) is 1.20. The Morgan fingerprint density at radius 3 is 2.47 bits per heavy atom. The Balaban J connectivity index is 4.32. The standard InChI is InChI=1S/C10H20N2O4S/c1-4-8(2)12(7-9(13)14)10(15)11-5-6-17(3)16/h8H,4-7H2,1-3H3,(H,11,15)(H,13,14). The Hall–Kier alpha value is -1.11. The van der Waals surface area contributed by atoms with Gasteiger partial charge >= 0.3 is 12.0 Å². The number of carboxylic acids is 1. The van der Waals surface area contributed by atoms with Crippen molar-refractivity contribution in [1.29, 1.82) is 0 Å². The lowest BCUT2D eigenvalue weighted by molar-refractivity contribution is -0.138. The Kier molecular flexibility index (Phi) is 7.53. The van der Waals surface area contributed by atoms with Crippen LogP contribution in [-0.4, -0.2) is 57.4 Å². The molecule has 2 N–H and O–H groups in total. The van der Waals surface area contributed by atoms with Gasteiger partial charge in [-0.2, -0.15) is 0 Å². The maximum atomic E-state index is 11.7. The monoisotopic (exact) mass is 264 g/mol. The van der Waals surface area contributed by atoms with Crippen LogP contribution in [0.3, 0.4) is 0 Å². The number of carboxylic acid groups (broad SMARTS) is 1. The lowest BCUT2D eigenvalue weighted by Crippen LogP contribution is -2.48. The van der Waals surface area contributed by atoms with Crippen molar-refractivity contribution in [1.82, 2.24) is 10.2 Å². The molecule has 7 heteroatoms. The van der Waals surface area contributed by atoms with Crippen molar-refractivity contribution >= 4 is 22.8 Å². The zero-order valence-electron chi connectivity index (χ0n) is 10.4. The smallest absolute Gasteiger partial charge is 0.323 e. The van der Waals surface area contributed by atoms with Crippen LogP contribution in [0.1, 0.15) is 20.3 Å². The largest absolute Gasteiger partial charge is 0.480 e. The molecular formula is C10H20N2O4S. The number of carbonyl (C=O) groups is 2. The molecule has 0 aromatic carbocycles. The fraction of sp³-hybridized carbons (Fsp3) is 0.800. The van der Waals surface area contributed by atoms with Crippen LogP contribution in [0.25, 0.3) is 0 Å². The van der Waals surface area contributed by atoms with Crippen molar-refractivity contribution in [2.45, 2.75) is 26.3 Å². The normalized spacial score (nSPS) is 13.8. The first kappa shape index (κ1) is 15.9. The maximum Gasteiger partial charge on any atom is 0.323 e. The van der Waals surface area contributed by atoms with Crippen molar-refractivity contribution in [2.24, 2.45) is 0 Å². The number of rotatable bonds is 7. The molecule has 0 spiro atoms. The molecule has 0 heterocycles. The van der Waals surface area contributed by atoms with E-state index in [0.717, 1.165) is 0 Å². The van der Waals surface area contributed by atoms with E-state index >= 15 is 0 Å². The molecule has 2 unspecified atom stereocenters. The van der Waals surface area contributed by atoms with Crippen LogP contribution in [0.2, 0.25) is 0 Å². The van der Waals surface area contributed by atoms with E-state index in [2.05, 4.69) is 5.32 Å². The first-order chi connectivity index (χ1) is 7.88. The number of nitrogens with one attached hydrogen (secondary N) is 1. The molecule has 0 aliphatic carbocycles. The predicted molar refractivity (Wildman–Crippen MR) is 66.4 cm³/mol. The molecular weight excluding hydrogens is 244 g/mol. The first-order valence-electron chi connectivity index (χ1n) is 5.44. The number of hydrogen-bond acceptors (Lipinski definition) is 3. The second kappa shape index (κ2) is 8.05.